The Labute approximate surface area is 280 Å². The average Bonchev–Trinajstić information content (AvgIpc) is 3.48. The van der Waals surface area contributed by atoms with E-state index in [-0.39, 0.29) is 35.9 Å². The summed E-state index contributed by atoms with van der Waals surface area (Å²) in [5.74, 6) is -1.63. The summed E-state index contributed by atoms with van der Waals surface area (Å²) in [6, 6.07) is 6.03. The van der Waals surface area contributed by atoms with Crippen LogP contribution in [0.15, 0.2) is 42.0 Å². The first-order valence-corrected chi connectivity index (χ1v) is 17.6. The van der Waals surface area contributed by atoms with Crippen molar-refractivity contribution in [3.8, 4) is 5.75 Å². The van der Waals surface area contributed by atoms with Crippen LogP contribution in [-0.2, 0) is 35.6 Å². The van der Waals surface area contributed by atoms with Crippen LogP contribution in [0, 0.1) is 19.7 Å². The fourth-order valence-corrected chi connectivity index (χ4v) is 8.28. The summed E-state index contributed by atoms with van der Waals surface area (Å²) in [4.78, 5) is 40.2. The normalized spacial score (nSPS) is 18.4. The minimum absolute atomic E-state index is 0.0520. The molecular formula is C34H42ClFN2O8S. The molecule has 2 aromatic carbocycles. The van der Waals surface area contributed by atoms with E-state index in [4.69, 9.17) is 25.8 Å². The van der Waals surface area contributed by atoms with Crippen molar-refractivity contribution in [3.05, 3.63) is 69.5 Å². The van der Waals surface area contributed by atoms with Crippen LogP contribution in [0.25, 0.3) is 0 Å². The first-order valence-electron chi connectivity index (χ1n) is 15.7. The molecule has 1 heterocycles. The van der Waals surface area contributed by atoms with Gasteiger partial charge in [-0.3, -0.25) is 9.21 Å². The molecule has 256 valence electrons. The number of rotatable bonds is 9. The van der Waals surface area contributed by atoms with Crippen molar-refractivity contribution in [2.24, 2.45) is 0 Å². The zero-order valence-electron chi connectivity index (χ0n) is 27.6. The number of benzene rings is 2. The van der Waals surface area contributed by atoms with Crippen molar-refractivity contribution < 1.29 is 41.4 Å². The highest BCUT2D eigenvalue weighted by Crippen LogP contribution is 2.37. The number of likely N-dealkylation sites (tertiary alicyclic amines) is 1. The van der Waals surface area contributed by atoms with E-state index >= 15 is 0 Å². The van der Waals surface area contributed by atoms with Gasteiger partial charge in [-0.2, -0.15) is 0 Å². The molecule has 1 aliphatic heterocycles. The molecule has 0 spiro atoms. The van der Waals surface area contributed by atoms with Gasteiger partial charge in [0.05, 0.1) is 29.4 Å². The quantitative estimate of drug-likeness (QED) is 0.208. The third-order valence-electron chi connectivity index (χ3n) is 7.94. The number of halogens is 2. The molecular weight excluding hydrogens is 651 g/mol. The third kappa shape index (κ3) is 8.45. The number of amides is 1. The van der Waals surface area contributed by atoms with Gasteiger partial charge < -0.3 is 14.2 Å². The number of ether oxygens (including phenoxy) is 3. The number of sulfonamides is 1. The van der Waals surface area contributed by atoms with Gasteiger partial charge in [0, 0.05) is 6.54 Å². The number of esters is 2. The Bertz CT molecular complexity index is 1650. The van der Waals surface area contributed by atoms with Crippen molar-refractivity contribution in [2.45, 2.75) is 97.1 Å². The monoisotopic (exact) mass is 692 g/mol. The van der Waals surface area contributed by atoms with E-state index in [0.717, 1.165) is 16.4 Å². The Morgan fingerprint density at radius 3 is 2.36 bits per heavy atom. The van der Waals surface area contributed by atoms with E-state index in [1.165, 1.54) is 11.0 Å². The largest absolute Gasteiger partial charge is 0.463 e. The second-order valence-corrected chi connectivity index (χ2v) is 15.2. The minimum Gasteiger partial charge on any atom is -0.463 e. The topological polar surface area (TPSA) is 120 Å². The highest BCUT2D eigenvalue weighted by atomic mass is 35.5. The number of carbonyl (C=O) groups is 3. The molecule has 0 aromatic heterocycles. The van der Waals surface area contributed by atoms with E-state index in [9.17, 15) is 27.2 Å². The molecule has 0 saturated carbocycles. The zero-order valence-corrected chi connectivity index (χ0v) is 29.2. The number of hydrogen-bond acceptors (Lipinski definition) is 8. The van der Waals surface area contributed by atoms with Gasteiger partial charge in [0.1, 0.15) is 28.5 Å². The molecule has 10 nitrogen and oxygen atoms in total. The lowest BCUT2D eigenvalue weighted by Crippen LogP contribution is -2.44. The molecule has 2 aliphatic rings. The predicted molar refractivity (Wildman–Crippen MR) is 176 cm³/mol. The number of allylic oxidation sites excluding steroid dienone is 1. The number of anilines is 1. The molecule has 47 heavy (non-hydrogen) atoms. The van der Waals surface area contributed by atoms with Gasteiger partial charge in [0.2, 0.25) is 10.0 Å². The molecule has 0 N–H and O–H groups in total. The van der Waals surface area contributed by atoms with Gasteiger partial charge in [0.15, 0.2) is 0 Å². The summed E-state index contributed by atoms with van der Waals surface area (Å²) in [5, 5.41) is -1.31. The minimum atomic E-state index is -4.29. The van der Waals surface area contributed by atoms with Crippen LogP contribution in [0.3, 0.4) is 0 Å². The van der Waals surface area contributed by atoms with Gasteiger partial charge in [-0.1, -0.05) is 29.8 Å². The fourth-order valence-electron chi connectivity index (χ4n) is 5.91. The molecule has 2 atom stereocenters. The number of nitrogens with zero attached hydrogens (tertiary/aromatic N) is 2. The molecule has 1 saturated heterocycles. The van der Waals surface area contributed by atoms with E-state index in [1.807, 2.05) is 0 Å². The maximum absolute atomic E-state index is 14.4. The van der Waals surface area contributed by atoms with Crippen LogP contribution >= 0.6 is 11.6 Å². The Morgan fingerprint density at radius 2 is 1.74 bits per heavy atom. The predicted octanol–water partition coefficient (Wildman–Crippen LogP) is 6.78. The van der Waals surface area contributed by atoms with Gasteiger partial charge in [-0.15, -0.1) is 0 Å². The first-order chi connectivity index (χ1) is 22.0. The standard InChI is InChI=1S/C34H42ClFN2O8S/c1-7-44-31(39)25-11-8-9-13-29(25)47(42,43)38(27-15-14-24(36)19-26(27)35)20-23-17-21(2)30(22(3)18-23)45-32(40)28-12-10-16-37(28)33(41)46-34(4,5)6/h11,14-15,17-19,28-29H,7-10,12-13,16,20H2,1-6H3. The van der Waals surface area contributed by atoms with Crippen LogP contribution in [0.4, 0.5) is 14.9 Å². The molecule has 1 fully saturated rings. The Hall–Kier alpha value is -3.64. The van der Waals surface area contributed by atoms with Crippen LogP contribution in [0.2, 0.25) is 5.02 Å². The average molecular weight is 693 g/mol. The maximum atomic E-state index is 14.4. The highest BCUT2D eigenvalue weighted by molar-refractivity contribution is 7.93. The van der Waals surface area contributed by atoms with E-state index < -0.39 is 50.8 Å². The molecule has 1 aliphatic carbocycles. The molecule has 1 amide bonds. The molecule has 2 aromatic rings. The van der Waals surface area contributed by atoms with Crippen molar-refractivity contribution in [3.63, 3.8) is 0 Å². The Balaban J connectivity index is 1.65. The highest BCUT2D eigenvalue weighted by Gasteiger charge is 2.41. The summed E-state index contributed by atoms with van der Waals surface area (Å²) in [7, 11) is -4.29. The third-order valence-corrected chi connectivity index (χ3v) is 10.4. The second kappa shape index (κ2) is 14.6. The van der Waals surface area contributed by atoms with E-state index in [0.29, 0.717) is 54.7 Å². The maximum Gasteiger partial charge on any atom is 0.411 e. The fraction of sp³-hybridized carbons (Fsp3) is 0.500. The van der Waals surface area contributed by atoms with Crippen LogP contribution in [0.1, 0.15) is 76.5 Å². The van der Waals surface area contributed by atoms with Crippen molar-refractivity contribution >= 4 is 45.3 Å². The first kappa shape index (κ1) is 36.2. The van der Waals surface area contributed by atoms with Crippen molar-refractivity contribution in [1.82, 2.24) is 4.90 Å². The number of hydrogen-bond donors (Lipinski definition) is 0. The zero-order chi connectivity index (χ0) is 34.7. The molecule has 0 radical (unpaired) electrons. The lowest BCUT2D eigenvalue weighted by Gasteiger charge is -2.32. The van der Waals surface area contributed by atoms with Gasteiger partial charge in [-0.05, 0) is 109 Å². The summed E-state index contributed by atoms with van der Waals surface area (Å²) >= 11 is 6.41. The lowest BCUT2D eigenvalue weighted by molar-refractivity contribution is -0.139. The Morgan fingerprint density at radius 1 is 1.06 bits per heavy atom. The van der Waals surface area contributed by atoms with Gasteiger partial charge >= 0.3 is 18.0 Å². The molecule has 13 heteroatoms. The van der Waals surface area contributed by atoms with Crippen molar-refractivity contribution in [2.75, 3.05) is 17.5 Å². The van der Waals surface area contributed by atoms with E-state index in [1.54, 1.807) is 59.8 Å². The summed E-state index contributed by atoms with van der Waals surface area (Å²) in [6.07, 6.45) is 3.34. The second-order valence-electron chi connectivity index (χ2n) is 12.8. The lowest BCUT2D eigenvalue weighted by atomic mass is 9.99. The van der Waals surface area contributed by atoms with Gasteiger partial charge in [0.25, 0.3) is 0 Å². The van der Waals surface area contributed by atoms with Gasteiger partial charge in [-0.25, -0.2) is 27.2 Å². The molecule has 4 rings (SSSR count). The SMILES string of the molecule is CCOC(=O)C1=CCCCC1S(=O)(=O)N(Cc1cc(C)c(OC(=O)C2CCCN2C(=O)OC(C)(C)C)c(C)c1)c1ccc(F)cc1Cl. The number of aryl methyl sites for hydroxylation is 2. The molecule has 0 bridgehead atoms. The summed E-state index contributed by atoms with van der Waals surface area (Å²) < 4.78 is 60.3. The summed E-state index contributed by atoms with van der Waals surface area (Å²) in [5.41, 5.74) is 1.05. The Kier molecular flexibility index (Phi) is 11.3. The van der Waals surface area contributed by atoms with Crippen molar-refractivity contribution in [1.29, 1.82) is 0 Å². The van der Waals surface area contributed by atoms with Crippen LogP contribution in [-0.4, -0.2) is 61.4 Å². The molecule has 2 unspecified atom stereocenters. The van der Waals surface area contributed by atoms with Crippen LogP contribution < -0.4 is 9.04 Å². The van der Waals surface area contributed by atoms with E-state index in [2.05, 4.69) is 0 Å². The van der Waals surface area contributed by atoms with Crippen LogP contribution in [0.5, 0.6) is 5.75 Å². The summed E-state index contributed by atoms with van der Waals surface area (Å²) in [6.45, 7) is 10.6. The smallest absolute Gasteiger partial charge is 0.411 e. The number of carbonyl (C=O) groups excluding carboxylic acids is 3.